The van der Waals surface area contributed by atoms with Gasteiger partial charge in [0.15, 0.2) is 5.78 Å². The number of rotatable bonds is 3. The second kappa shape index (κ2) is 5.44. The summed E-state index contributed by atoms with van der Waals surface area (Å²) in [5.74, 6) is -0.170. The minimum absolute atomic E-state index is 0.258. The molecule has 0 atom stereocenters. The number of fused-ring (bicyclic) bond motifs is 1. The molecule has 1 aliphatic rings. The largest absolute Gasteiger partial charge is 0.366 e. The lowest BCUT2D eigenvalue weighted by molar-refractivity contribution is 0.0969. The maximum atomic E-state index is 12.3. The van der Waals surface area contributed by atoms with E-state index in [1.165, 1.54) is 0 Å². The molecule has 22 heavy (non-hydrogen) atoms. The average Bonchev–Trinajstić information content (AvgIpc) is 2.80. The fraction of sp³-hybridized carbons (Fsp3) is 0.333. The molecule has 2 aromatic rings. The minimum atomic E-state index is -0.428. The summed E-state index contributed by atoms with van der Waals surface area (Å²) in [5.41, 5.74) is 11.1. The number of Topliss-reactive ketones (excluding diaryl/α,β-unsaturated/α-hetero) is 1. The Labute approximate surface area is 129 Å². The van der Waals surface area contributed by atoms with Crippen LogP contribution in [0.15, 0.2) is 24.3 Å². The van der Waals surface area contributed by atoms with Crippen molar-refractivity contribution in [2.24, 2.45) is 5.73 Å². The van der Waals surface area contributed by atoms with Gasteiger partial charge in [0.2, 0.25) is 5.91 Å². The van der Waals surface area contributed by atoms with Gasteiger partial charge in [-0.3, -0.25) is 9.59 Å². The molecule has 114 valence electrons. The number of hydrogen-bond donors (Lipinski definition) is 1. The third-order valence-electron chi connectivity index (χ3n) is 4.49. The second-order valence-corrected chi connectivity index (χ2v) is 5.76. The maximum Gasteiger partial charge on any atom is 0.248 e. The highest BCUT2D eigenvalue weighted by molar-refractivity contribution is 6.00. The van der Waals surface area contributed by atoms with E-state index in [0.29, 0.717) is 12.0 Å². The van der Waals surface area contributed by atoms with Crippen molar-refractivity contribution in [1.29, 1.82) is 0 Å². The van der Waals surface area contributed by atoms with E-state index in [2.05, 4.69) is 18.4 Å². The lowest BCUT2D eigenvalue weighted by Crippen LogP contribution is -2.14. The van der Waals surface area contributed by atoms with Crippen molar-refractivity contribution < 1.29 is 9.59 Å². The SMILES string of the molecule is CCc1c2c(n(-c3ccc(C(N)=O)cc3)c1C)CCCC2=O. The van der Waals surface area contributed by atoms with Gasteiger partial charge in [-0.1, -0.05) is 6.92 Å². The van der Waals surface area contributed by atoms with Crippen LogP contribution in [0.25, 0.3) is 5.69 Å². The molecule has 1 aliphatic carbocycles. The van der Waals surface area contributed by atoms with Crippen molar-refractivity contribution in [2.75, 3.05) is 0 Å². The van der Waals surface area contributed by atoms with Gasteiger partial charge in [-0.25, -0.2) is 0 Å². The molecule has 0 saturated carbocycles. The number of nitrogens with zero attached hydrogens (tertiary/aromatic N) is 1. The van der Waals surface area contributed by atoms with Gasteiger partial charge in [-0.15, -0.1) is 0 Å². The number of nitrogens with two attached hydrogens (primary N) is 1. The highest BCUT2D eigenvalue weighted by Crippen LogP contribution is 2.32. The fourth-order valence-electron chi connectivity index (χ4n) is 3.47. The molecule has 0 unspecified atom stereocenters. The van der Waals surface area contributed by atoms with Crippen LogP contribution >= 0.6 is 0 Å². The zero-order valence-corrected chi connectivity index (χ0v) is 13.0. The van der Waals surface area contributed by atoms with Crippen LogP contribution in [0.5, 0.6) is 0 Å². The van der Waals surface area contributed by atoms with Crippen LogP contribution in [-0.4, -0.2) is 16.3 Å². The predicted octanol–water partition coefficient (Wildman–Crippen LogP) is 2.97. The van der Waals surface area contributed by atoms with Crippen LogP contribution in [0.3, 0.4) is 0 Å². The summed E-state index contributed by atoms with van der Waals surface area (Å²) in [7, 11) is 0. The number of benzene rings is 1. The predicted molar refractivity (Wildman–Crippen MR) is 85.7 cm³/mol. The minimum Gasteiger partial charge on any atom is -0.366 e. The smallest absolute Gasteiger partial charge is 0.248 e. The molecule has 1 heterocycles. The summed E-state index contributed by atoms with van der Waals surface area (Å²) >= 11 is 0. The lowest BCUT2D eigenvalue weighted by atomic mass is 9.92. The molecular weight excluding hydrogens is 276 g/mol. The van der Waals surface area contributed by atoms with Gasteiger partial charge in [0.25, 0.3) is 0 Å². The Hall–Kier alpha value is -2.36. The van der Waals surface area contributed by atoms with Crippen molar-refractivity contribution in [3.63, 3.8) is 0 Å². The standard InChI is InChI=1S/C18H20N2O2/c1-3-14-11(2)20(15-5-4-6-16(21)17(14)15)13-9-7-12(8-10-13)18(19)22/h7-10H,3-6H2,1-2H3,(H2,19,22). The summed E-state index contributed by atoms with van der Waals surface area (Å²) in [6.07, 6.45) is 3.31. The van der Waals surface area contributed by atoms with Gasteiger partial charge in [-0.2, -0.15) is 0 Å². The first kappa shape index (κ1) is 14.6. The number of ketones is 1. The summed E-state index contributed by atoms with van der Waals surface area (Å²) in [6.45, 7) is 4.15. The molecule has 0 saturated heterocycles. The monoisotopic (exact) mass is 296 g/mol. The van der Waals surface area contributed by atoms with Crippen LogP contribution in [0.1, 0.15) is 57.4 Å². The fourth-order valence-corrected chi connectivity index (χ4v) is 3.47. The Bertz CT molecular complexity index is 754. The van der Waals surface area contributed by atoms with Crippen molar-refractivity contribution in [2.45, 2.75) is 39.5 Å². The first-order valence-electron chi connectivity index (χ1n) is 7.71. The van der Waals surface area contributed by atoms with Gasteiger partial charge in [-0.05, 0) is 56.0 Å². The van der Waals surface area contributed by atoms with Crippen LogP contribution in [0, 0.1) is 6.92 Å². The Morgan fingerprint density at radius 1 is 1.23 bits per heavy atom. The Balaban J connectivity index is 2.18. The molecule has 0 bridgehead atoms. The molecule has 1 amide bonds. The highest BCUT2D eigenvalue weighted by atomic mass is 16.1. The van der Waals surface area contributed by atoms with E-state index in [1.54, 1.807) is 12.1 Å². The van der Waals surface area contributed by atoms with Crippen LogP contribution in [0.4, 0.5) is 0 Å². The maximum absolute atomic E-state index is 12.3. The van der Waals surface area contributed by atoms with Gasteiger partial charge in [0.05, 0.1) is 0 Å². The van der Waals surface area contributed by atoms with Crippen molar-refractivity contribution in [1.82, 2.24) is 4.57 Å². The van der Waals surface area contributed by atoms with Crippen molar-refractivity contribution in [3.8, 4) is 5.69 Å². The van der Waals surface area contributed by atoms with Crippen LogP contribution < -0.4 is 5.73 Å². The summed E-state index contributed by atoms with van der Waals surface area (Å²) in [6, 6.07) is 7.26. The van der Waals surface area contributed by atoms with Crippen molar-refractivity contribution >= 4 is 11.7 Å². The molecule has 1 aromatic heterocycles. The Morgan fingerprint density at radius 3 is 2.50 bits per heavy atom. The van der Waals surface area contributed by atoms with Gasteiger partial charge in [0, 0.05) is 34.6 Å². The van der Waals surface area contributed by atoms with Crippen LogP contribution in [0.2, 0.25) is 0 Å². The van der Waals surface area contributed by atoms with E-state index in [1.807, 2.05) is 12.1 Å². The molecule has 2 N–H and O–H groups in total. The molecule has 4 heteroatoms. The quantitative estimate of drug-likeness (QED) is 0.946. The van der Waals surface area contributed by atoms with Crippen LogP contribution in [-0.2, 0) is 12.8 Å². The number of primary amides is 1. The number of hydrogen-bond acceptors (Lipinski definition) is 2. The molecule has 1 aromatic carbocycles. The summed E-state index contributed by atoms with van der Waals surface area (Å²) < 4.78 is 2.16. The molecule has 0 spiro atoms. The zero-order valence-electron chi connectivity index (χ0n) is 13.0. The van der Waals surface area contributed by atoms with Crippen molar-refractivity contribution in [3.05, 3.63) is 52.3 Å². The third-order valence-corrected chi connectivity index (χ3v) is 4.49. The molecule has 3 rings (SSSR count). The average molecular weight is 296 g/mol. The van der Waals surface area contributed by atoms with Gasteiger partial charge in [0.1, 0.15) is 0 Å². The zero-order chi connectivity index (χ0) is 15.9. The van der Waals surface area contributed by atoms with E-state index in [-0.39, 0.29) is 5.78 Å². The van der Waals surface area contributed by atoms with E-state index in [9.17, 15) is 9.59 Å². The summed E-state index contributed by atoms with van der Waals surface area (Å²) in [4.78, 5) is 23.5. The second-order valence-electron chi connectivity index (χ2n) is 5.76. The number of carbonyl (C=O) groups excluding carboxylic acids is 2. The Morgan fingerprint density at radius 2 is 1.91 bits per heavy atom. The topological polar surface area (TPSA) is 65.1 Å². The molecule has 0 aliphatic heterocycles. The highest BCUT2D eigenvalue weighted by Gasteiger charge is 2.27. The first-order chi connectivity index (χ1) is 10.5. The Kier molecular flexibility index (Phi) is 3.61. The third kappa shape index (κ3) is 2.15. The van der Waals surface area contributed by atoms with Gasteiger partial charge < -0.3 is 10.3 Å². The lowest BCUT2D eigenvalue weighted by Gasteiger charge is -2.16. The normalized spacial score (nSPS) is 14.0. The number of amides is 1. The molecule has 0 radical (unpaired) electrons. The molecule has 4 nitrogen and oxygen atoms in total. The summed E-state index contributed by atoms with van der Waals surface area (Å²) in [5, 5.41) is 0. The van der Waals surface area contributed by atoms with Gasteiger partial charge >= 0.3 is 0 Å². The van der Waals surface area contributed by atoms with E-state index >= 15 is 0 Å². The first-order valence-corrected chi connectivity index (χ1v) is 7.71. The molecule has 0 fully saturated rings. The molecular formula is C18H20N2O2. The number of aromatic nitrogens is 1. The van der Waals surface area contributed by atoms with E-state index in [0.717, 1.165) is 47.5 Å². The van der Waals surface area contributed by atoms with E-state index in [4.69, 9.17) is 5.73 Å². The number of carbonyl (C=O) groups is 2. The van der Waals surface area contributed by atoms with E-state index < -0.39 is 5.91 Å².